The molecular formula is C22H21ClF3NO6S. The maximum Gasteiger partial charge on any atom is 0.437 e. The molecule has 0 atom stereocenters. The molecule has 184 valence electrons. The molecule has 0 saturated carbocycles. The normalized spacial score (nSPS) is 12.3. The maximum absolute atomic E-state index is 13.1. The van der Waals surface area contributed by atoms with Gasteiger partial charge in [-0.1, -0.05) is 36.2 Å². The molecule has 0 unspecified atom stereocenters. The molecule has 0 fully saturated rings. The summed E-state index contributed by atoms with van der Waals surface area (Å²) in [6.07, 6.45) is -3.85. The number of aliphatic carboxylic acids is 1. The number of hydrogen-bond acceptors (Lipinski definition) is 6. The van der Waals surface area contributed by atoms with Crippen molar-refractivity contribution < 1.29 is 40.8 Å². The van der Waals surface area contributed by atoms with Crippen LogP contribution >= 0.6 is 11.6 Å². The highest BCUT2D eigenvalue weighted by Crippen LogP contribution is 2.38. The molecular weight excluding hydrogens is 499 g/mol. The lowest BCUT2D eigenvalue weighted by atomic mass is 10.0. The first-order valence-corrected chi connectivity index (χ1v) is 12.3. The molecule has 0 aliphatic carbocycles. The third-order valence-corrected chi connectivity index (χ3v) is 7.25. The fourth-order valence-electron chi connectivity index (χ4n) is 3.49. The van der Waals surface area contributed by atoms with Crippen LogP contribution < -0.4 is 4.74 Å². The zero-order valence-corrected chi connectivity index (χ0v) is 19.6. The average Bonchev–Trinajstić information content (AvgIpc) is 3.17. The molecule has 0 radical (unpaired) electrons. The van der Waals surface area contributed by atoms with Crippen molar-refractivity contribution in [3.63, 3.8) is 0 Å². The van der Waals surface area contributed by atoms with Gasteiger partial charge < -0.3 is 14.4 Å². The first-order chi connectivity index (χ1) is 15.9. The Morgan fingerprint density at radius 3 is 2.59 bits per heavy atom. The van der Waals surface area contributed by atoms with Gasteiger partial charge in [-0.3, -0.25) is 4.79 Å². The topological polar surface area (TPSA) is 107 Å². The summed E-state index contributed by atoms with van der Waals surface area (Å²) in [5.41, 5.74) is -0.307. The highest BCUT2D eigenvalue weighted by Gasteiger charge is 2.37. The molecule has 1 N–H and O–H groups in total. The third kappa shape index (κ3) is 5.82. The summed E-state index contributed by atoms with van der Waals surface area (Å²) in [5.74, 6) is -1.06. The Labute approximate surface area is 198 Å². The van der Waals surface area contributed by atoms with Gasteiger partial charge in [0.25, 0.3) is 0 Å². The van der Waals surface area contributed by atoms with E-state index in [9.17, 15) is 26.4 Å². The van der Waals surface area contributed by atoms with E-state index >= 15 is 0 Å². The highest BCUT2D eigenvalue weighted by atomic mass is 35.5. The molecule has 0 saturated heterocycles. The van der Waals surface area contributed by atoms with Gasteiger partial charge in [-0.2, -0.15) is 13.2 Å². The third-order valence-electron chi connectivity index (χ3n) is 4.97. The zero-order chi connectivity index (χ0) is 25.1. The van der Waals surface area contributed by atoms with Gasteiger partial charge in [-0.15, -0.1) is 0 Å². The summed E-state index contributed by atoms with van der Waals surface area (Å²) in [4.78, 5) is 10.7. The Morgan fingerprint density at radius 1 is 1.24 bits per heavy atom. The summed E-state index contributed by atoms with van der Waals surface area (Å²) in [6, 6.07) is 6.58. The number of aryl methyl sites for hydroxylation is 1. The molecule has 0 spiro atoms. The van der Waals surface area contributed by atoms with Crippen molar-refractivity contribution in [2.24, 2.45) is 0 Å². The van der Waals surface area contributed by atoms with Gasteiger partial charge in [-0.05, 0) is 42.7 Å². The summed E-state index contributed by atoms with van der Waals surface area (Å²) in [7, 11) is -3.77. The van der Waals surface area contributed by atoms with Crippen LogP contribution in [0.2, 0.25) is 5.02 Å². The van der Waals surface area contributed by atoms with Crippen LogP contribution in [-0.4, -0.2) is 37.0 Å². The molecule has 34 heavy (non-hydrogen) atoms. The van der Waals surface area contributed by atoms with Crippen molar-refractivity contribution in [1.29, 1.82) is 0 Å². The van der Waals surface area contributed by atoms with Crippen molar-refractivity contribution in [3.8, 4) is 5.75 Å². The standard InChI is InChI=1S/C22H21ClF3NO6S/c1-2-4-14-17(7-6-15-20(14)33-27-21(15)22(24,25)26)32-9-3-10-34(30,31)18-8-5-13(11-16(18)23)12-19(28)29/h5-8,11H,2-4,9-10,12H2,1H3,(H,28,29). The fraction of sp³-hybridized carbons (Fsp3) is 0.364. The molecule has 1 aromatic heterocycles. The SMILES string of the molecule is CCCc1c(OCCCS(=O)(=O)c2ccc(CC(=O)O)cc2Cl)ccc2c(C(F)(F)F)noc12. The Hall–Kier alpha value is -2.79. The second-order valence-electron chi connectivity index (χ2n) is 7.55. The summed E-state index contributed by atoms with van der Waals surface area (Å²) < 4.78 is 75.3. The predicted octanol–water partition coefficient (Wildman–Crippen LogP) is 5.32. The number of carbonyl (C=O) groups is 1. The Morgan fingerprint density at radius 2 is 1.97 bits per heavy atom. The van der Waals surface area contributed by atoms with Crippen LogP contribution in [0, 0.1) is 0 Å². The number of aromatic nitrogens is 1. The number of carboxylic acid groups (broad SMARTS) is 1. The van der Waals surface area contributed by atoms with Gasteiger partial charge >= 0.3 is 12.1 Å². The average molecular weight is 520 g/mol. The molecule has 12 heteroatoms. The number of carboxylic acids is 1. The molecule has 0 bridgehead atoms. The number of nitrogens with zero attached hydrogens (tertiary/aromatic N) is 1. The van der Waals surface area contributed by atoms with E-state index in [0.29, 0.717) is 29.7 Å². The minimum Gasteiger partial charge on any atom is -0.493 e. The summed E-state index contributed by atoms with van der Waals surface area (Å²) in [6.45, 7) is 1.83. The van der Waals surface area contributed by atoms with Gasteiger partial charge in [-0.25, -0.2) is 8.42 Å². The Kier molecular flexibility index (Phi) is 7.77. The smallest absolute Gasteiger partial charge is 0.437 e. The number of rotatable bonds is 10. The molecule has 0 aliphatic heterocycles. The number of benzene rings is 2. The highest BCUT2D eigenvalue weighted by molar-refractivity contribution is 7.91. The number of fused-ring (bicyclic) bond motifs is 1. The maximum atomic E-state index is 13.1. The van der Waals surface area contributed by atoms with Crippen LogP contribution in [0.3, 0.4) is 0 Å². The van der Waals surface area contributed by atoms with Crippen molar-refractivity contribution in [2.75, 3.05) is 12.4 Å². The second-order valence-corrected chi connectivity index (χ2v) is 10.0. The van der Waals surface area contributed by atoms with E-state index in [2.05, 4.69) is 5.16 Å². The zero-order valence-electron chi connectivity index (χ0n) is 18.0. The van der Waals surface area contributed by atoms with E-state index in [4.69, 9.17) is 26.0 Å². The second kappa shape index (κ2) is 10.2. The molecule has 2 aromatic carbocycles. The van der Waals surface area contributed by atoms with Gasteiger partial charge in [0.2, 0.25) is 0 Å². The van der Waals surface area contributed by atoms with E-state index < -0.39 is 27.7 Å². The van der Waals surface area contributed by atoms with Crippen LogP contribution in [-0.2, 0) is 33.6 Å². The minimum atomic E-state index is -4.65. The number of halogens is 4. The molecule has 0 aliphatic rings. The van der Waals surface area contributed by atoms with Crippen molar-refractivity contribution in [1.82, 2.24) is 5.16 Å². The van der Waals surface area contributed by atoms with E-state index in [1.54, 1.807) is 0 Å². The lowest BCUT2D eigenvalue weighted by molar-refractivity contribution is -0.141. The van der Waals surface area contributed by atoms with Gasteiger partial charge in [0.05, 0.1) is 34.1 Å². The predicted molar refractivity (Wildman–Crippen MR) is 118 cm³/mol. The lowest BCUT2D eigenvalue weighted by Gasteiger charge is -2.12. The Bertz CT molecular complexity index is 1300. The number of sulfone groups is 1. The Balaban J connectivity index is 1.71. The lowest BCUT2D eigenvalue weighted by Crippen LogP contribution is -2.12. The largest absolute Gasteiger partial charge is 0.493 e. The first kappa shape index (κ1) is 25.8. The van der Waals surface area contributed by atoms with E-state index in [0.717, 1.165) is 0 Å². The van der Waals surface area contributed by atoms with E-state index in [1.165, 1.54) is 30.3 Å². The number of hydrogen-bond donors (Lipinski definition) is 1. The van der Waals surface area contributed by atoms with Crippen LogP contribution in [0.4, 0.5) is 13.2 Å². The molecule has 0 amide bonds. The van der Waals surface area contributed by atoms with Crippen molar-refractivity contribution >= 4 is 38.4 Å². The summed E-state index contributed by atoms with van der Waals surface area (Å²) in [5, 5.41) is 11.8. The first-order valence-electron chi connectivity index (χ1n) is 10.3. The van der Waals surface area contributed by atoms with E-state index in [1.807, 2.05) is 6.92 Å². The molecule has 7 nitrogen and oxygen atoms in total. The quantitative estimate of drug-likeness (QED) is 0.361. The van der Waals surface area contributed by atoms with Crippen molar-refractivity contribution in [2.45, 2.75) is 43.7 Å². The number of ether oxygens (including phenoxy) is 1. The fourth-order valence-corrected chi connectivity index (χ4v) is 5.39. The van der Waals surface area contributed by atoms with Gasteiger partial charge in [0.15, 0.2) is 21.1 Å². The molecule has 3 rings (SSSR count). The molecule has 3 aromatic rings. The van der Waals surface area contributed by atoms with Gasteiger partial charge in [0, 0.05) is 5.56 Å². The van der Waals surface area contributed by atoms with Gasteiger partial charge in [0.1, 0.15) is 5.75 Å². The minimum absolute atomic E-state index is 0.00692. The van der Waals surface area contributed by atoms with Crippen LogP contribution in [0.1, 0.15) is 36.6 Å². The number of alkyl halides is 3. The van der Waals surface area contributed by atoms with E-state index in [-0.39, 0.29) is 46.1 Å². The summed E-state index contributed by atoms with van der Waals surface area (Å²) >= 11 is 6.05. The van der Waals surface area contributed by atoms with Crippen molar-refractivity contribution in [3.05, 3.63) is 52.2 Å². The van der Waals surface area contributed by atoms with Crippen LogP contribution in [0.25, 0.3) is 11.0 Å². The monoisotopic (exact) mass is 519 g/mol. The van der Waals surface area contributed by atoms with Crippen LogP contribution in [0.5, 0.6) is 5.75 Å². The van der Waals surface area contributed by atoms with Crippen LogP contribution in [0.15, 0.2) is 39.8 Å². The molecule has 1 heterocycles.